The van der Waals surface area contributed by atoms with E-state index in [2.05, 4.69) is 22.3 Å². The van der Waals surface area contributed by atoms with E-state index in [1.807, 2.05) is 31.2 Å². The lowest BCUT2D eigenvalue weighted by atomic mass is 10.0. The molecular formula is C22H28N2O4. The Morgan fingerprint density at radius 2 is 1.86 bits per heavy atom. The van der Waals surface area contributed by atoms with Gasteiger partial charge in [0.2, 0.25) is 0 Å². The predicted molar refractivity (Wildman–Crippen MR) is 108 cm³/mol. The molecule has 0 saturated carbocycles. The lowest BCUT2D eigenvalue weighted by molar-refractivity contribution is 0.0162. The summed E-state index contributed by atoms with van der Waals surface area (Å²) in [5, 5.41) is 3.08. The van der Waals surface area contributed by atoms with E-state index >= 15 is 0 Å². The SMILES string of the molecule is CCOc1ccc(C(CNC(=O)c2ccccc2OC)N2CCOCC2)cc1. The van der Waals surface area contributed by atoms with Crippen molar-refractivity contribution in [2.45, 2.75) is 13.0 Å². The molecule has 1 aliphatic rings. The number of para-hydroxylation sites is 1. The highest BCUT2D eigenvalue weighted by Gasteiger charge is 2.24. The molecule has 0 aliphatic carbocycles. The van der Waals surface area contributed by atoms with Gasteiger partial charge in [0.15, 0.2) is 0 Å². The van der Waals surface area contributed by atoms with Crippen LogP contribution in [0.4, 0.5) is 0 Å². The quantitative estimate of drug-likeness (QED) is 0.758. The Bertz CT molecular complexity index is 757. The molecule has 6 heteroatoms. The minimum absolute atomic E-state index is 0.0678. The normalized spacial score (nSPS) is 15.6. The monoisotopic (exact) mass is 384 g/mol. The fourth-order valence-corrected chi connectivity index (χ4v) is 3.42. The van der Waals surface area contributed by atoms with Crippen LogP contribution in [-0.2, 0) is 4.74 Å². The predicted octanol–water partition coefficient (Wildman–Crippen LogP) is 2.90. The van der Waals surface area contributed by atoms with Crippen molar-refractivity contribution < 1.29 is 19.0 Å². The summed E-state index contributed by atoms with van der Waals surface area (Å²) in [6.07, 6.45) is 0. The Morgan fingerprint density at radius 3 is 2.54 bits per heavy atom. The Kier molecular flexibility index (Phi) is 7.28. The van der Waals surface area contributed by atoms with Gasteiger partial charge in [-0.15, -0.1) is 0 Å². The molecule has 3 rings (SSSR count). The molecule has 1 amide bonds. The van der Waals surface area contributed by atoms with Crippen LogP contribution in [0.25, 0.3) is 0 Å². The number of hydrogen-bond donors (Lipinski definition) is 1. The molecule has 28 heavy (non-hydrogen) atoms. The van der Waals surface area contributed by atoms with E-state index in [1.54, 1.807) is 19.2 Å². The van der Waals surface area contributed by atoms with E-state index in [-0.39, 0.29) is 11.9 Å². The van der Waals surface area contributed by atoms with Crippen LogP contribution in [-0.4, -0.2) is 57.4 Å². The third kappa shape index (κ3) is 5.03. The van der Waals surface area contributed by atoms with Gasteiger partial charge in [-0.2, -0.15) is 0 Å². The highest BCUT2D eigenvalue weighted by Crippen LogP contribution is 2.24. The second kappa shape index (κ2) is 10.1. The van der Waals surface area contributed by atoms with Gasteiger partial charge >= 0.3 is 0 Å². The fourth-order valence-electron chi connectivity index (χ4n) is 3.42. The first kappa shape index (κ1) is 20.2. The number of carbonyl (C=O) groups is 1. The summed E-state index contributed by atoms with van der Waals surface area (Å²) in [6.45, 7) is 6.19. The lowest BCUT2D eigenvalue weighted by Crippen LogP contribution is -2.43. The first-order chi connectivity index (χ1) is 13.7. The van der Waals surface area contributed by atoms with Gasteiger partial charge in [0.05, 0.1) is 38.5 Å². The van der Waals surface area contributed by atoms with Crippen LogP contribution in [0.15, 0.2) is 48.5 Å². The van der Waals surface area contributed by atoms with Crippen LogP contribution in [0.5, 0.6) is 11.5 Å². The fraction of sp³-hybridized carbons (Fsp3) is 0.409. The maximum absolute atomic E-state index is 12.7. The number of ether oxygens (including phenoxy) is 3. The van der Waals surface area contributed by atoms with Gasteiger partial charge in [-0.1, -0.05) is 24.3 Å². The zero-order chi connectivity index (χ0) is 19.8. The van der Waals surface area contributed by atoms with E-state index in [0.29, 0.717) is 37.7 Å². The minimum Gasteiger partial charge on any atom is -0.496 e. The first-order valence-corrected chi connectivity index (χ1v) is 9.68. The number of benzene rings is 2. The lowest BCUT2D eigenvalue weighted by Gasteiger charge is -2.35. The maximum Gasteiger partial charge on any atom is 0.255 e. The number of rotatable bonds is 8. The molecule has 1 N–H and O–H groups in total. The molecule has 1 heterocycles. The zero-order valence-electron chi connectivity index (χ0n) is 16.5. The van der Waals surface area contributed by atoms with Crippen molar-refractivity contribution >= 4 is 5.91 Å². The topological polar surface area (TPSA) is 60.0 Å². The number of morpholine rings is 1. The summed E-state index contributed by atoms with van der Waals surface area (Å²) in [6, 6.07) is 15.4. The highest BCUT2D eigenvalue weighted by molar-refractivity contribution is 5.96. The Hall–Kier alpha value is -2.57. The summed E-state index contributed by atoms with van der Waals surface area (Å²) in [7, 11) is 1.57. The summed E-state index contributed by atoms with van der Waals surface area (Å²) in [4.78, 5) is 15.1. The largest absolute Gasteiger partial charge is 0.496 e. The minimum atomic E-state index is -0.137. The Labute approximate surface area is 166 Å². The summed E-state index contributed by atoms with van der Waals surface area (Å²) in [5.41, 5.74) is 1.68. The van der Waals surface area contributed by atoms with Gasteiger partial charge in [-0.25, -0.2) is 0 Å². The molecule has 6 nitrogen and oxygen atoms in total. The molecule has 0 bridgehead atoms. The number of hydrogen-bond acceptors (Lipinski definition) is 5. The summed E-state index contributed by atoms with van der Waals surface area (Å²) in [5.74, 6) is 1.29. The first-order valence-electron chi connectivity index (χ1n) is 9.68. The van der Waals surface area contributed by atoms with Crippen molar-refractivity contribution in [2.75, 3.05) is 46.6 Å². The third-order valence-electron chi connectivity index (χ3n) is 4.87. The van der Waals surface area contributed by atoms with Gasteiger partial charge in [0.25, 0.3) is 5.91 Å². The van der Waals surface area contributed by atoms with Gasteiger partial charge in [0.1, 0.15) is 11.5 Å². The van der Waals surface area contributed by atoms with Gasteiger partial charge in [-0.05, 0) is 36.8 Å². The second-order valence-electron chi connectivity index (χ2n) is 6.58. The summed E-state index contributed by atoms with van der Waals surface area (Å²) < 4.78 is 16.4. The van der Waals surface area contributed by atoms with Crippen LogP contribution in [0.2, 0.25) is 0 Å². The average molecular weight is 384 g/mol. The van der Waals surface area contributed by atoms with Gasteiger partial charge in [-0.3, -0.25) is 9.69 Å². The van der Waals surface area contributed by atoms with Crippen molar-refractivity contribution in [3.63, 3.8) is 0 Å². The van der Waals surface area contributed by atoms with Crippen molar-refractivity contribution in [1.29, 1.82) is 0 Å². The van der Waals surface area contributed by atoms with Crippen LogP contribution in [0.1, 0.15) is 28.9 Å². The Balaban J connectivity index is 1.74. The molecular weight excluding hydrogens is 356 g/mol. The number of amides is 1. The van der Waals surface area contributed by atoms with E-state index in [0.717, 1.165) is 24.4 Å². The van der Waals surface area contributed by atoms with Gasteiger partial charge in [0, 0.05) is 19.6 Å². The second-order valence-corrected chi connectivity index (χ2v) is 6.58. The Morgan fingerprint density at radius 1 is 1.14 bits per heavy atom. The third-order valence-corrected chi connectivity index (χ3v) is 4.87. The highest BCUT2D eigenvalue weighted by atomic mass is 16.5. The molecule has 1 aliphatic heterocycles. The van der Waals surface area contributed by atoms with Crippen LogP contribution in [0, 0.1) is 0 Å². The van der Waals surface area contributed by atoms with Crippen LogP contribution < -0.4 is 14.8 Å². The number of methoxy groups -OCH3 is 1. The van der Waals surface area contributed by atoms with Crippen molar-refractivity contribution in [3.05, 3.63) is 59.7 Å². The number of nitrogens with one attached hydrogen (secondary N) is 1. The number of carbonyl (C=O) groups excluding carboxylic acids is 1. The maximum atomic E-state index is 12.7. The smallest absolute Gasteiger partial charge is 0.255 e. The zero-order valence-corrected chi connectivity index (χ0v) is 16.5. The van der Waals surface area contributed by atoms with Crippen molar-refractivity contribution in [3.8, 4) is 11.5 Å². The van der Waals surface area contributed by atoms with E-state index in [1.165, 1.54) is 0 Å². The van der Waals surface area contributed by atoms with E-state index in [4.69, 9.17) is 14.2 Å². The van der Waals surface area contributed by atoms with Crippen molar-refractivity contribution in [2.24, 2.45) is 0 Å². The molecule has 2 aromatic carbocycles. The molecule has 1 saturated heterocycles. The van der Waals surface area contributed by atoms with E-state index < -0.39 is 0 Å². The molecule has 1 atom stereocenters. The molecule has 1 fully saturated rings. The average Bonchev–Trinajstić information content (AvgIpc) is 2.75. The molecule has 150 valence electrons. The van der Waals surface area contributed by atoms with Crippen molar-refractivity contribution in [1.82, 2.24) is 10.2 Å². The molecule has 0 radical (unpaired) electrons. The molecule has 2 aromatic rings. The van der Waals surface area contributed by atoms with Gasteiger partial charge < -0.3 is 19.5 Å². The molecule has 0 spiro atoms. The van der Waals surface area contributed by atoms with Crippen LogP contribution >= 0.6 is 0 Å². The molecule has 0 aromatic heterocycles. The standard InChI is InChI=1S/C22H28N2O4/c1-3-28-18-10-8-17(9-11-18)20(24-12-14-27-15-13-24)16-23-22(25)19-6-4-5-7-21(19)26-2/h4-11,20H,3,12-16H2,1-2H3,(H,23,25). The molecule has 1 unspecified atom stereocenters. The van der Waals surface area contributed by atoms with Crippen LogP contribution in [0.3, 0.4) is 0 Å². The van der Waals surface area contributed by atoms with E-state index in [9.17, 15) is 4.79 Å². The summed E-state index contributed by atoms with van der Waals surface area (Å²) >= 11 is 0. The number of nitrogens with zero attached hydrogens (tertiary/aromatic N) is 1.